The first-order valence-electron chi connectivity index (χ1n) is 5.97. The monoisotopic (exact) mass is 238 g/mol. The van der Waals surface area contributed by atoms with Crippen molar-refractivity contribution in [3.8, 4) is 0 Å². The summed E-state index contributed by atoms with van der Waals surface area (Å²) in [5.41, 5.74) is 0. The Labute approximate surface area is 103 Å². The van der Waals surface area contributed by atoms with E-state index in [1.54, 1.807) is 0 Å². The fourth-order valence-electron chi connectivity index (χ4n) is 1.39. The maximum atomic E-state index is 10.8. The predicted molar refractivity (Wildman–Crippen MR) is 69.5 cm³/mol. The summed E-state index contributed by atoms with van der Waals surface area (Å²) < 4.78 is 0. The highest BCUT2D eigenvalue weighted by atomic mass is 16.2. The molecule has 0 radical (unpaired) electrons. The summed E-state index contributed by atoms with van der Waals surface area (Å²) in [6.45, 7) is 11.3. The van der Waals surface area contributed by atoms with E-state index in [0.29, 0.717) is 0 Å². The van der Waals surface area contributed by atoms with Crippen LogP contribution in [0.1, 0.15) is 26.2 Å². The summed E-state index contributed by atoms with van der Waals surface area (Å²) in [6, 6.07) is 0. The minimum absolute atomic E-state index is 0.0764. The van der Waals surface area contributed by atoms with Gasteiger partial charge in [-0.1, -0.05) is 20.1 Å². The molecule has 0 unspecified atom stereocenters. The fourth-order valence-corrected chi connectivity index (χ4v) is 1.39. The van der Waals surface area contributed by atoms with Crippen LogP contribution in [0.3, 0.4) is 0 Å². The normalized spacial score (nSPS) is 13.4. The van der Waals surface area contributed by atoms with E-state index in [4.69, 9.17) is 0 Å². The van der Waals surface area contributed by atoms with Gasteiger partial charge >= 0.3 is 0 Å². The van der Waals surface area contributed by atoms with Gasteiger partial charge < -0.3 is 10.2 Å². The molecule has 0 saturated carbocycles. The van der Waals surface area contributed by atoms with Crippen LogP contribution in [0.4, 0.5) is 0 Å². The Morgan fingerprint density at radius 3 is 2.24 bits per heavy atom. The van der Waals surface area contributed by atoms with Gasteiger partial charge in [0.05, 0.1) is 0 Å². The van der Waals surface area contributed by atoms with Crippen LogP contribution in [0.2, 0.25) is 0 Å². The number of rotatable bonds is 4. The lowest BCUT2D eigenvalue weighted by Crippen LogP contribution is -2.25. The first-order chi connectivity index (χ1) is 8.15. The third kappa shape index (κ3) is 7.33. The van der Waals surface area contributed by atoms with Crippen molar-refractivity contribution in [2.45, 2.75) is 26.2 Å². The van der Waals surface area contributed by atoms with Crippen molar-refractivity contribution in [3.63, 3.8) is 0 Å². The van der Waals surface area contributed by atoms with Gasteiger partial charge in [0.2, 0.25) is 11.8 Å². The molecule has 0 aliphatic carbocycles. The van der Waals surface area contributed by atoms with Gasteiger partial charge in [-0.15, -0.1) is 0 Å². The molecule has 0 aromatic carbocycles. The standard InChI is InChI=1S/C7H11NO.C6H11NO/c1-2-7(9)8-5-3-4-6-8;1-3-5-7-6(8)4-2/h2H,1,3-6H2;4H,2-3,5H2,1H3,(H,7,8). The van der Waals surface area contributed by atoms with Crippen molar-refractivity contribution in [1.82, 2.24) is 10.2 Å². The summed E-state index contributed by atoms with van der Waals surface area (Å²) in [5.74, 6) is -0.0145. The van der Waals surface area contributed by atoms with Crippen molar-refractivity contribution in [2.24, 2.45) is 0 Å². The molecule has 96 valence electrons. The van der Waals surface area contributed by atoms with Crippen LogP contribution < -0.4 is 5.32 Å². The number of nitrogens with one attached hydrogen (secondary N) is 1. The number of carbonyl (C=O) groups is 2. The van der Waals surface area contributed by atoms with Gasteiger partial charge in [-0.05, 0) is 31.4 Å². The number of carbonyl (C=O) groups excluding carboxylic acids is 2. The SMILES string of the molecule is C=CC(=O)N1CCCC1.C=CC(=O)NCCC. The minimum Gasteiger partial charge on any atom is -0.353 e. The zero-order valence-electron chi connectivity index (χ0n) is 10.6. The quantitative estimate of drug-likeness (QED) is 0.754. The Kier molecular flexibility index (Phi) is 8.74. The fraction of sp³-hybridized carbons (Fsp3) is 0.538. The molecule has 1 N–H and O–H groups in total. The number of hydrogen-bond acceptors (Lipinski definition) is 2. The molecule has 4 nitrogen and oxygen atoms in total. The lowest BCUT2D eigenvalue weighted by Gasteiger charge is -2.10. The first kappa shape index (κ1) is 15.4. The second kappa shape index (κ2) is 9.63. The van der Waals surface area contributed by atoms with Crippen LogP contribution in [0.15, 0.2) is 25.3 Å². The van der Waals surface area contributed by atoms with E-state index < -0.39 is 0 Å². The zero-order chi connectivity index (χ0) is 13.1. The molecule has 1 rings (SSSR count). The Bertz CT molecular complexity index is 269. The average molecular weight is 238 g/mol. The molecule has 2 amide bonds. The largest absolute Gasteiger partial charge is 0.353 e. The van der Waals surface area contributed by atoms with E-state index in [1.165, 1.54) is 12.2 Å². The number of hydrogen-bond donors (Lipinski definition) is 1. The van der Waals surface area contributed by atoms with E-state index in [9.17, 15) is 9.59 Å². The van der Waals surface area contributed by atoms with Gasteiger partial charge in [-0.3, -0.25) is 9.59 Å². The van der Waals surface area contributed by atoms with Gasteiger partial charge in [-0.25, -0.2) is 0 Å². The molecule has 0 atom stereocenters. The Morgan fingerprint density at radius 1 is 1.24 bits per heavy atom. The summed E-state index contributed by atoms with van der Waals surface area (Å²) in [6.07, 6.45) is 5.93. The topological polar surface area (TPSA) is 49.4 Å². The highest BCUT2D eigenvalue weighted by Crippen LogP contribution is 2.06. The number of likely N-dealkylation sites (tertiary alicyclic amines) is 1. The van der Waals surface area contributed by atoms with Gasteiger partial charge in [0.1, 0.15) is 0 Å². The van der Waals surface area contributed by atoms with Gasteiger partial charge in [-0.2, -0.15) is 0 Å². The Morgan fingerprint density at radius 2 is 1.82 bits per heavy atom. The van der Waals surface area contributed by atoms with E-state index in [1.807, 2.05) is 11.8 Å². The van der Waals surface area contributed by atoms with Crippen LogP contribution in [-0.2, 0) is 9.59 Å². The van der Waals surface area contributed by atoms with E-state index in [2.05, 4.69) is 18.5 Å². The zero-order valence-corrected chi connectivity index (χ0v) is 10.6. The number of amides is 2. The Hall–Kier alpha value is -1.58. The third-order valence-electron chi connectivity index (χ3n) is 2.33. The molecule has 0 bridgehead atoms. The molecule has 4 heteroatoms. The van der Waals surface area contributed by atoms with Crippen molar-refractivity contribution < 1.29 is 9.59 Å². The lowest BCUT2D eigenvalue weighted by atomic mass is 10.4. The van der Waals surface area contributed by atoms with Crippen molar-refractivity contribution in [1.29, 1.82) is 0 Å². The molecule has 1 fully saturated rings. The summed E-state index contributed by atoms with van der Waals surface area (Å²) in [7, 11) is 0. The molecule has 1 aliphatic rings. The number of nitrogens with zero attached hydrogens (tertiary/aromatic N) is 1. The minimum atomic E-state index is -0.0909. The maximum absolute atomic E-state index is 10.8. The highest BCUT2D eigenvalue weighted by molar-refractivity contribution is 5.87. The summed E-state index contributed by atoms with van der Waals surface area (Å²) in [5, 5.41) is 2.62. The molecule has 1 heterocycles. The smallest absolute Gasteiger partial charge is 0.245 e. The second-order valence-corrected chi connectivity index (χ2v) is 3.73. The molecule has 0 aromatic rings. The molecule has 1 aliphatic heterocycles. The Balaban J connectivity index is 0.000000304. The van der Waals surface area contributed by atoms with E-state index >= 15 is 0 Å². The molecule has 1 saturated heterocycles. The molecule has 0 spiro atoms. The summed E-state index contributed by atoms with van der Waals surface area (Å²) >= 11 is 0. The van der Waals surface area contributed by atoms with Crippen molar-refractivity contribution in [2.75, 3.05) is 19.6 Å². The van der Waals surface area contributed by atoms with Gasteiger partial charge in [0, 0.05) is 19.6 Å². The molecular weight excluding hydrogens is 216 g/mol. The van der Waals surface area contributed by atoms with Crippen molar-refractivity contribution in [3.05, 3.63) is 25.3 Å². The lowest BCUT2D eigenvalue weighted by molar-refractivity contribution is -0.125. The van der Waals surface area contributed by atoms with Crippen LogP contribution in [0.5, 0.6) is 0 Å². The average Bonchev–Trinajstić information content (AvgIpc) is 2.89. The third-order valence-corrected chi connectivity index (χ3v) is 2.33. The second-order valence-electron chi connectivity index (χ2n) is 3.73. The van der Waals surface area contributed by atoms with Crippen LogP contribution >= 0.6 is 0 Å². The van der Waals surface area contributed by atoms with Crippen LogP contribution in [0, 0.1) is 0 Å². The predicted octanol–water partition coefficient (Wildman–Crippen LogP) is 1.49. The van der Waals surface area contributed by atoms with E-state index in [-0.39, 0.29) is 11.8 Å². The molecule has 0 aromatic heterocycles. The van der Waals surface area contributed by atoms with Gasteiger partial charge in [0.25, 0.3) is 0 Å². The maximum Gasteiger partial charge on any atom is 0.245 e. The molecule has 17 heavy (non-hydrogen) atoms. The first-order valence-corrected chi connectivity index (χ1v) is 5.97. The van der Waals surface area contributed by atoms with Gasteiger partial charge in [0.15, 0.2) is 0 Å². The van der Waals surface area contributed by atoms with E-state index in [0.717, 1.165) is 38.9 Å². The summed E-state index contributed by atoms with van der Waals surface area (Å²) in [4.78, 5) is 23.0. The van der Waals surface area contributed by atoms with Crippen LogP contribution in [-0.4, -0.2) is 36.3 Å². The van der Waals surface area contributed by atoms with Crippen LogP contribution in [0.25, 0.3) is 0 Å². The highest BCUT2D eigenvalue weighted by Gasteiger charge is 2.13. The molecular formula is C13H22N2O2. The van der Waals surface area contributed by atoms with Crippen molar-refractivity contribution >= 4 is 11.8 Å².